The first-order chi connectivity index (χ1) is 7.99. The predicted octanol–water partition coefficient (Wildman–Crippen LogP) is 3.06. The summed E-state index contributed by atoms with van der Waals surface area (Å²) in [5, 5.41) is 9.98. The first-order valence-electron chi connectivity index (χ1n) is 5.77. The highest BCUT2D eigenvalue weighted by Crippen LogP contribution is 2.25. The lowest BCUT2D eigenvalue weighted by Gasteiger charge is -2.09. The third-order valence-corrected chi connectivity index (χ3v) is 3.36. The first kappa shape index (κ1) is 11.7. The van der Waals surface area contributed by atoms with Crippen LogP contribution in [0.1, 0.15) is 30.5 Å². The summed E-state index contributed by atoms with van der Waals surface area (Å²) in [6.07, 6.45) is 0.178. The van der Waals surface area contributed by atoms with Gasteiger partial charge >= 0.3 is 5.97 Å². The Morgan fingerprint density at radius 1 is 1.41 bits per heavy atom. The number of aryl methyl sites for hydroxylation is 2. The van der Waals surface area contributed by atoms with Crippen molar-refractivity contribution < 1.29 is 9.90 Å². The molecule has 0 aliphatic carbocycles. The summed E-state index contributed by atoms with van der Waals surface area (Å²) < 4.78 is 2.14. The van der Waals surface area contributed by atoms with Crippen molar-refractivity contribution in [3.05, 3.63) is 35.5 Å². The minimum absolute atomic E-state index is 0.0532. The van der Waals surface area contributed by atoms with Crippen molar-refractivity contribution in [2.75, 3.05) is 0 Å². The van der Waals surface area contributed by atoms with Crippen LogP contribution in [-0.4, -0.2) is 15.6 Å². The van der Waals surface area contributed by atoms with Gasteiger partial charge in [-0.25, -0.2) is 0 Å². The van der Waals surface area contributed by atoms with Gasteiger partial charge in [0.2, 0.25) is 0 Å². The lowest BCUT2D eigenvalue weighted by atomic mass is 9.97. The van der Waals surface area contributed by atoms with Crippen molar-refractivity contribution in [2.24, 2.45) is 7.05 Å². The smallest absolute Gasteiger partial charge is 0.303 e. The van der Waals surface area contributed by atoms with Gasteiger partial charge < -0.3 is 9.67 Å². The zero-order valence-corrected chi connectivity index (χ0v) is 10.4. The number of hydrogen-bond acceptors (Lipinski definition) is 1. The van der Waals surface area contributed by atoms with Crippen molar-refractivity contribution in [1.29, 1.82) is 0 Å². The molecule has 1 N–H and O–H groups in total. The molecule has 0 radical (unpaired) electrons. The van der Waals surface area contributed by atoms with Crippen molar-refractivity contribution >= 4 is 16.9 Å². The molecule has 0 aliphatic rings. The van der Waals surface area contributed by atoms with Crippen LogP contribution in [-0.2, 0) is 11.8 Å². The molecule has 1 aromatic heterocycles. The van der Waals surface area contributed by atoms with Crippen LogP contribution >= 0.6 is 0 Å². The van der Waals surface area contributed by atoms with E-state index in [-0.39, 0.29) is 12.3 Å². The summed E-state index contributed by atoms with van der Waals surface area (Å²) in [5.41, 5.74) is 3.49. The van der Waals surface area contributed by atoms with Crippen LogP contribution in [0.5, 0.6) is 0 Å². The zero-order chi connectivity index (χ0) is 12.6. The molecular weight excluding hydrogens is 214 g/mol. The van der Waals surface area contributed by atoms with Crippen LogP contribution in [0.25, 0.3) is 10.9 Å². The molecule has 1 aromatic carbocycles. The number of carboxylic acids is 1. The van der Waals surface area contributed by atoms with E-state index in [1.165, 1.54) is 16.6 Å². The minimum Gasteiger partial charge on any atom is -0.481 e. The Balaban J connectivity index is 2.41. The Morgan fingerprint density at radius 3 is 2.76 bits per heavy atom. The molecule has 0 bridgehead atoms. The van der Waals surface area contributed by atoms with Crippen molar-refractivity contribution in [3.63, 3.8) is 0 Å². The Kier molecular flexibility index (Phi) is 2.92. The van der Waals surface area contributed by atoms with Gasteiger partial charge in [0.05, 0.1) is 6.42 Å². The maximum atomic E-state index is 10.7. The van der Waals surface area contributed by atoms with Gasteiger partial charge in [-0.05, 0) is 36.6 Å². The average molecular weight is 231 g/mol. The number of fused-ring (bicyclic) bond motifs is 1. The average Bonchev–Trinajstić information content (AvgIpc) is 2.53. The van der Waals surface area contributed by atoms with Gasteiger partial charge in [0, 0.05) is 23.6 Å². The van der Waals surface area contributed by atoms with Crippen molar-refractivity contribution in [2.45, 2.75) is 26.2 Å². The lowest BCUT2D eigenvalue weighted by molar-refractivity contribution is -0.137. The molecule has 3 heteroatoms. The number of carbonyl (C=O) groups is 1. The van der Waals surface area contributed by atoms with E-state index in [2.05, 4.69) is 29.7 Å². The van der Waals surface area contributed by atoms with Crippen LogP contribution in [0.15, 0.2) is 24.3 Å². The number of aromatic nitrogens is 1. The molecule has 3 nitrogen and oxygen atoms in total. The van der Waals surface area contributed by atoms with Crippen LogP contribution in [0, 0.1) is 6.92 Å². The summed E-state index contributed by atoms with van der Waals surface area (Å²) in [6.45, 7) is 4.02. The summed E-state index contributed by atoms with van der Waals surface area (Å²) in [7, 11) is 2.04. The number of hydrogen-bond donors (Lipinski definition) is 1. The number of nitrogens with zero attached hydrogens (tertiary/aromatic N) is 1. The molecular formula is C14H17NO2. The highest BCUT2D eigenvalue weighted by Gasteiger charge is 2.11. The third-order valence-electron chi connectivity index (χ3n) is 3.36. The van der Waals surface area contributed by atoms with E-state index >= 15 is 0 Å². The van der Waals surface area contributed by atoms with Gasteiger partial charge in [-0.15, -0.1) is 0 Å². The molecule has 1 atom stereocenters. The second-order valence-corrected chi connectivity index (χ2v) is 4.66. The number of rotatable bonds is 3. The van der Waals surface area contributed by atoms with E-state index in [0.717, 1.165) is 5.56 Å². The number of aliphatic carboxylic acids is 1. The minimum atomic E-state index is -0.748. The number of carboxylic acid groups (broad SMARTS) is 1. The standard InChI is InChI=1S/C14H17NO2/c1-9(6-14(16)17)11-4-5-13-12(8-11)7-10(2)15(13)3/h4-5,7-9H,6H2,1-3H3,(H,16,17). The van der Waals surface area contributed by atoms with Crippen LogP contribution < -0.4 is 0 Å². The van der Waals surface area contributed by atoms with Crippen LogP contribution in [0.3, 0.4) is 0 Å². The second kappa shape index (κ2) is 4.24. The quantitative estimate of drug-likeness (QED) is 0.882. The summed E-state index contributed by atoms with van der Waals surface area (Å²) in [6, 6.07) is 8.31. The molecule has 0 saturated heterocycles. The fourth-order valence-corrected chi connectivity index (χ4v) is 2.19. The fourth-order valence-electron chi connectivity index (χ4n) is 2.19. The number of benzene rings is 1. The van der Waals surface area contributed by atoms with E-state index in [1.54, 1.807) is 0 Å². The van der Waals surface area contributed by atoms with Gasteiger partial charge in [0.25, 0.3) is 0 Å². The molecule has 17 heavy (non-hydrogen) atoms. The lowest BCUT2D eigenvalue weighted by Crippen LogP contribution is -2.02. The van der Waals surface area contributed by atoms with E-state index in [0.29, 0.717) is 0 Å². The van der Waals surface area contributed by atoms with E-state index in [9.17, 15) is 4.79 Å². The maximum Gasteiger partial charge on any atom is 0.303 e. The highest BCUT2D eigenvalue weighted by atomic mass is 16.4. The molecule has 0 fully saturated rings. The van der Waals surface area contributed by atoms with E-state index < -0.39 is 5.97 Å². The van der Waals surface area contributed by atoms with Gasteiger partial charge in [0.1, 0.15) is 0 Å². The molecule has 1 unspecified atom stereocenters. The summed E-state index contributed by atoms with van der Waals surface area (Å²) in [5.74, 6) is -0.695. The van der Waals surface area contributed by atoms with Gasteiger partial charge in [-0.2, -0.15) is 0 Å². The van der Waals surface area contributed by atoms with Crippen molar-refractivity contribution in [3.8, 4) is 0 Å². The van der Waals surface area contributed by atoms with E-state index in [4.69, 9.17) is 5.11 Å². The van der Waals surface area contributed by atoms with E-state index in [1.807, 2.05) is 20.0 Å². The molecule has 0 saturated carbocycles. The molecule has 0 aliphatic heterocycles. The fraction of sp³-hybridized carbons (Fsp3) is 0.357. The summed E-state index contributed by atoms with van der Waals surface area (Å²) >= 11 is 0. The molecule has 1 heterocycles. The zero-order valence-electron chi connectivity index (χ0n) is 10.4. The topological polar surface area (TPSA) is 42.2 Å². The largest absolute Gasteiger partial charge is 0.481 e. The first-order valence-corrected chi connectivity index (χ1v) is 5.77. The maximum absolute atomic E-state index is 10.7. The van der Waals surface area contributed by atoms with Crippen molar-refractivity contribution in [1.82, 2.24) is 4.57 Å². The van der Waals surface area contributed by atoms with Gasteiger partial charge in [-0.1, -0.05) is 13.0 Å². The summed E-state index contributed by atoms with van der Waals surface area (Å²) in [4.78, 5) is 10.7. The van der Waals surface area contributed by atoms with Gasteiger partial charge in [0.15, 0.2) is 0 Å². The van der Waals surface area contributed by atoms with Crippen LogP contribution in [0.2, 0.25) is 0 Å². The SMILES string of the molecule is Cc1cc2cc(C(C)CC(=O)O)ccc2n1C. The van der Waals surface area contributed by atoms with Crippen LogP contribution in [0.4, 0.5) is 0 Å². The molecule has 0 amide bonds. The molecule has 2 aromatic rings. The Hall–Kier alpha value is -1.77. The highest BCUT2D eigenvalue weighted by molar-refractivity contribution is 5.82. The third kappa shape index (κ3) is 2.18. The second-order valence-electron chi connectivity index (χ2n) is 4.66. The Morgan fingerprint density at radius 2 is 2.12 bits per heavy atom. The monoisotopic (exact) mass is 231 g/mol. The van der Waals surface area contributed by atoms with Gasteiger partial charge in [-0.3, -0.25) is 4.79 Å². The Bertz CT molecular complexity index is 569. The molecule has 2 rings (SSSR count). The molecule has 90 valence electrons. The predicted molar refractivity (Wildman–Crippen MR) is 68.3 cm³/mol. The normalized spacial score (nSPS) is 12.9. The Labute approximate surface area is 101 Å². The molecule has 0 spiro atoms.